The van der Waals surface area contributed by atoms with Crippen LogP contribution in [0.1, 0.15) is 26.2 Å². The summed E-state index contributed by atoms with van der Waals surface area (Å²) in [6.07, 6.45) is 7.63. The summed E-state index contributed by atoms with van der Waals surface area (Å²) in [4.78, 5) is 0. The highest BCUT2D eigenvalue weighted by molar-refractivity contribution is 6.18. The second-order valence-electron chi connectivity index (χ2n) is 2.41. The highest BCUT2D eigenvalue weighted by Crippen LogP contribution is 2.14. The van der Waals surface area contributed by atoms with E-state index in [4.69, 9.17) is 18.0 Å². The van der Waals surface area contributed by atoms with E-state index in [2.05, 4.69) is 5.92 Å². The first kappa shape index (κ1) is 9.81. The van der Waals surface area contributed by atoms with E-state index in [1.165, 1.54) is 0 Å². The van der Waals surface area contributed by atoms with Gasteiger partial charge in [0.15, 0.2) is 0 Å². The Kier molecular flexibility index (Phi) is 4.51. The van der Waals surface area contributed by atoms with Crippen molar-refractivity contribution in [3.05, 3.63) is 0 Å². The fraction of sp³-hybridized carbons (Fsp3) is 0.750. The van der Waals surface area contributed by atoms with Crippen LogP contribution in [0.5, 0.6) is 0 Å². The smallest absolute Gasteiger partial charge is 0.138 e. The van der Waals surface area contributed by atoms with Gasteiger partial charge >= 0.3 is 0 Å². The van der Waals surface area contributed by atoms with Crippen LogP contribution in [-0.2, 0) is 0 Å². The Hall–Kier alpha value is -0.190. The van der Waals surface area contributed by atoms with Crippen molar-refractivity contribution in [2.75, 3.05) is 5.88 Å². The van der Waals surface area contributed by atoms with Crippen LogP contribution in [0.15, 0.2) is 0 Å². The standard InChI is InChI=1S/C8H13ClO/c1-3-5-6-8(10,4-2)7-9/h2,10H,3,5-7H2,1H3/t8-/m1/s1. The van der Waals surface area contributed by atoms with E-state index in [0.29, 0.717) is 6.42 Å². The molecule has 0 radical (unpaired) electrons. The number of hydrogen-bond acceptors (Lipinski definition) is 1. The normalized spacial score (nSPS) is 15.8. The zero-order valence-corrected chi connectivity index (χ0v) is 6.99. The van der Waals surface area contributed by atoms with E-state index in [9.17, 15) is 5.11 Å². The van der Waals surface area contributed by atoms with Crippen molar-refractivity contribution in [1.82, 2.24) is 0 Å². The largest absolute Gasteiger partial charge is 0.376 e. The van der Waals surface area contributed by atoms with Crippen LogP contribution < -0.4 is 0 Å². The third-order valence-corrected chi connectivity index (χ3v) is 1.88. The maximum atomic E-state index is 9.39. The molecule has 58 valence electrons. The first-order valence-electron chi connectivity index (χ1n) is 3.44. The summed E-state index contributed by atoms with van der Waals surface area (Å²) < 4.78 is 0. The van der Waals surface area contributed by atoms with E-state index < -0.39 is 5.60 Å². The molecule has 0 aromatic heterocycles. The molecular weight excluding hydrogens is 148 g/mol. The SMILES string of the molecule is C#C[C@](O)(CCl)CCCC. The van der Waals surface area contributed by atoms with Crippen molar-refractivity contribution in [2.24, 2.45) is 0 Å². The minimum atomic E-state index is -1.07. The summed E-state index contributed by atoms with van der Waals surface area (Å²) >= 11 is 5.45. The minimum Gasteiger partial charge on any atom is -0.376 e. The Morgan fingerprint density at radius 1 is 1.70 bits per heavy atom. The lowest BCUT2D eigenvalue weighted by Gasteiger charge is -2.17. The molecule has 0 rings (SSSR count). The molecule has 1 nitrogen and oxygen atoms in total. The van der Waals surface area contributed by atoms with Crippen LogP contribution in [0.2, 0.25) is 0 Å². The van der Waals surface area contributed by atoms with Crippen LogP contribution in [0.4, 0.5) is 0 Å². The molecular formula is C8H13ClO. The first-order chi connectivity index (χ1) is 4.68. The molecule has 0 bridgehead atoms. The number of rotatable bonds is 4. The average molecular weight is 161 g/mol. The zero-order chi connectivity index (χ0) is 8.04. The topological polar surface area (TPSA) is 20.2 Å². The van der Waals surface area contributed by atoms with Gasteiger partial charge in [0.2, 0.25) is 0 Å². The van der Waals surface area contributed by atoms with Gasteiger partial charge in [0, 0.05) is 0 Å². The van der Waals surface area contributed by atoms with Gasteiger partial charge in [-0.3, -0.25) is 0 Å². The number of hydrogen-bond donors (Lipinski definition) is 1. The third kappa shape index (κ3) is 3.10. The van der Waals surface area contributed by atoms with Gasteiger partial charge in [-0.05, 0) is 12.8 Å². The van der Waals surface area contributed by atoms with Crippen molar-refractivity contribution in [2.45, 2.75) is 31.8 Å². The fourth-order valence-corrected chi connectivity index (χ4v) is 0.858. The lowest BCUT2D eigenvalue weighted by Crippen LogP contribution is -2.28. The molecule has 1 atom stereocenters. The van der Waals surface area contributed by atoms with E-state index >= 15 is 0 Å². The summed E-state index contributed by atoms with van der Waals surface area (Å²) in [5, 5.41) is 9.39. The number of aliphatic hydroxyl groups is 1. The molecule has 10 heavy (non-hydrogen) atoms. The van der Waals surface area contributed by atoms with Crippen molar-refractivity contribution >= 4 is 11.6 Å². The second-order valence-corrected chi connectivity index (χ2v) is 2.68. The number of terminal acetylenes is 1. The number of halogens is 1. The molecule has 0 aliphatic rings. The van der Waals surface area contributed by atoms with E-state index in [0.717, 1.165) is 12.8 Å². The van der Waals surface area contributed by atoms with Gasteiger partial charge in [0.05, 0.1) is 5.88 Å². The van der Waals surface area contributed by atoms with Gasteiger partial charge in [-0.15, -0.1) is 18.0 Å². The van der Waals surface area contributed by atoms with Gasteiger partial charge in [0.1, 0.15) is 5.60 Å². The molecule has 0 aliphatic carbocycles. The Morgan fingerprint density at radius 2 is 2.30 bits per heavy atom. The van der Waals surface area contributed by atoms with Gasteiger partial charge < -0.3 is 5.11 Å². The first-order valence-corrected chi connectivity index (χ1v) is 3.98. The Morgan fingerprint density at radius 3 is 2.60 bits per heavy atom. The monoisotopic (exact) mass is 160 g/mol. The fourth-order valence-electron chi connectivity index (χ4n) is 0.647. The van der Waals surface area contributed by atoms with Crippen LogP contribution in [0.25, 0.3) is 0 Å². The predicted octanol–water partition coefficient (Wildman–Crippen LogP) is 1.78. The molecule has 0 aliphatic heterocycles. The van der Waals surface area contributed by atoms with Crippen LogP contribution in [0, 0.1) is 12.3 Å². The molecule has 0 amide bonds. The molecule has 0 fully saturated rings. The van der Waals surface area contributed by atoms with E-state index in [1.807, 2.05) is 6.92 Å². The summed E-state index contributed by atoms with van der Waals surface area (Å²) in [6.45, 7) is 2.05. The van der Waals surface area contributed by atoms with Crippen molar-refractivity contribution in [3.63, 3.8) is 0 Å². The predicted molar refractivity (Wildman–Crippen MR) is 44.0 cm³/mol. The van der Waals surface area contributed by atoms with Gasteiger partial charge in [-0.1, -0.05) is 19.3 Å². The summed E-state index contributed by atoms with van der Waals surface area (Å²) in [6, 6.07) is 0. The van der Waals surface area contributed by atoms with Gasteiger partial charge in [-0.25, -0.2) is 0 Å². The summed E-state index contributed by atoms with van der Waals surface area (Å²) in [5.41, 5.74) is -1.07. The molecule has 0 saturated heterocycles. The molecule has 0 aromatic carbocycles. The zero-order valence-electron chi connectivity index (χ0n) is 6.23. The molecule has 0 unspecified atom stereocenters. The van der Waals surface area contributed by atoms with Crippen LogP contribution in [0.3, 0.4) is 0 Å². The molecule has 1 N–H and O–H groups in total. The third-order valence-electron chi connectivity index (χ3n) is 1.43. The van der Waals surface area contributed by atoms with Gasteiger partial charge in [0.25, 0.3) is 0 Å². The van der Waals surface area contributed by atoms with E-state index in [1.54, 1.807) is 0 Å². The Labute approximate surface area is 67.4 Å². The van der Waals surface area contributed by atoms with E-state index in [-0.39, 0.29) is 5.88 Å². The highest BCUT2D eigenvalue weighted by atomic mass is 35.5. The van der Waals surface area contributed by atoms with Crippen molar-refractivity contribution in [1.29, 1.82) is 0 Å². The molecule has 0 aromatic rings. The summed E-state index contributed by atoms with van der Waals surface area (Å²) in [7, 11) is 0. The summed E-state index contributed by atoms with van der Waals surface area (Å²) in [5.74, 6) is 2.42. The quantitative estimate of drug-likeness (QED) is 0.491. The Bertz CT molecular complexity index is 128. The molecule has 0 spiro atoms. The van der Waals surface area contributed by atoms with Crippen LogP contribution in [-0.4, -0.2) is 16.6 Å². The van der Waals surface area contributed by atoms with Crippen LogP contribution >= 0.6 is 11.6 Å². The average Bonchev–Trinajstić information content (AvgIpc) is 2.00. The molecule has 0 saturated carbocycles. The molecule has 0 heterocycles. The second kappa shape index (κ2) is 4.60. The van der Waals surface area contributed by atoms with Gasteiger partial charge in [-0.2, -0.15) is 0 Å². The lowest BCUT2D eigenvalue weighted by molar-refractivity contribution is 0.113. The van der Waals surface area contributed by atoms with Crippen molar-refractivity contribution in [3.8, 4) is 12.3 Å². The molecule has 2 heteroatoms. The number of unbranched alkanes of at least 4 members (excludes halogenated alkanes) is 1. The minimum absolute atomic E-state index is 0.128. The van der Waals surface area contributed by atoms with Crippen molar-refractivity contribution < 1.29 is 5.11 Å². The maximum absolute atomic E-state index is 9.39. The maximum Gasteiger partial charge on any atom is 0.138 e. The Balaban J connectivity index is 3.72. The highest BCUT2D eigenvalue weighted by Gasteiger charge is 2.20. The number of alkyl halides is 1. The lowest BCUT2D eigenvalue weighted by atomic mass is 10.0.